The van der Waals surface area contributed by atoms with Gasteiger partial charge >= 0.3 is 0 Å². The highest BCUT2D eigenvalue weighted by Crippen LogP contribution is 2.13. The number of hydrogen-bond acceptors (Lipinski definition) is 3. The van der Waals surface area contributed by atoms with Gasteiger partial charge in [0.05, 0.1) is 0 Å². The van der Waals surface area contributed by atoms with Crippen molar-refractivity contribution < 1.29 is 9.59 Å². The van der Waals surface area contributed by atoms with Crippen LogP contribution in [0.5, 0.6) is 0 Å². The summed E-state index contributed by atoms with van der Waals surface area (Å²) in [6.45, 7) is 2.83. The number of carbonyl (C=O) groups excluding carboxylic acids is 2. The molecule has 18 heavy (non-hydrogen) atoms. The molecule has 2 N–H and O–H groups in total. The van der Waals surface area contributed by atoms with Crippen LogP contribution in [0.1, 0.15) is 38.5 Å². The fourth-order valence-corrected chi connectivity index (χ4v) is 2.68. The van der Waals surface area contributed by atoms with Gasteiger partial charge in [0.1, 0.15) is 0 Å². The Morgan fingerprint density at radius 3 is 2.83 bits per heavy atom. The lowest BCUT2D eigenvalue weighted by Crippen LogP contribution is -2.37. The van der Waals surface area contributed by atoms with Gasteiger partial charge in [0.15, 0.2) is 0 Å². The fraction of sp³-hybridized carbons (Fsp3) is 0.846. The van der Waals surface area contributed by atoms with Gasteiger partial charge in [0.2, 0.25) is 11.8 Å². The van der Waals surface area contributed by atoms with E-state index in [0.717, 1.165) is 38.8 Å². The van der Waals surface area contributed by atoms with Gasteiger partial charge in [0, 0.05) is 45.1 Å². The molecule has 2 fully saturated rings. The standard InChI is InChI=1S/C13H23N3O2/c14-11-5-8-16(10-11)13(18)6-9-15-7-3-1-2-4-12(15)17/h11H,1-10,14H2/t11-/m0/s1. The Labute approximate surface area is 108 Å². The molecule has 0 bridgehead atoms. The van der Waals surface area contributed by atoms with Gasteiger partial charge in [-0.3, -0.25) is 9.59 Å². The van der Waals surface area contributed by atoms with E-state index >= 15 is 0 Å². The van der Waals surface area contributed by atoms with Crippen molar-refractivity contribution in [2.45, 2.75) is 44.6 Å². The number of amides is 2. The van der Waals surface area contributed by atoms with Crippen LogP contribution in [-0.2, 0) is 9.59 Å². The summed E-state index contributed by atoms with van der Waals surface area (Å²) in [5, 5.41) is 0. The van der Waals surface area contributed by atoms with Crippen molar-refractivity contribution in [3.63, 3.8) is 0 Å². The van der Waals surface area contributed by atoms with Crippen LogP contribution in [0.3, 0.4) is 0 Å². The molecule has 2 aliphatic rings. The zero-order valence-corrected chi connectivity index (χ0v) is 10.9. The molecule has 5 heteroatoms. The molecule has 5 nitrogen and oxygen atoms in total. The number of carbonyl (C=O) groups is 2. The first-order valence-electron chi connectivity index (χ1n) is 6.98. The van der Waals surface area contributed by atoms with Crippen molar-refractivity contribution in [3.8, 4) is 0 Å². The van der Waals surface area contributed by atoms with E-state index in [1.807, 2.05) is 9.80 Å². The summed E-state index contributed by atoms with van der Waals surface area (Å²) in [6, 6.07) is 0.133. The Hall–Kier alpha value is -1.10. The lowest BCUT2D eigenvalue weighted by Gasteiger charge is -2.22. The van der Waals surface area contributed by atoms with Gasteiger partial charge in [-0.1, -0.05) is 6.42 Å². The van der Waals surface area contributed by atoms with Crippen molar-refractivity contribution in [1.29, 1.82) is 0 Å². The second kappa shape index (κ2) is 6.18. The minimum Gasteiger partial charge on any atom is -0.342 e. The third-order valence-electron chi connectivity index (χ3n) is 3.84. The first kappa shape index (κ1) is 13.3. The molecule has 0 spiro atoms. The molecule has 1 atom stereocenters. The number of likely N-dealkylation sites (tertiary alicyclic amines) is 2. The van der Waals surface area contributed by atoms with Crippen molar-refractivity contribution in [2.24, 2.45) is 5.73 Å². The highest BCUT2D eigenvalue weighted by Gasteiger charge is 2.24. The van der Waals surface area contributed by atoms with Gasteiger partial charge in [-0.25, -0.2) is 0 Å². The normalized spacial score (nSPS) is 25.4. The molecule has 2 amide bonds. The summed E-state index contributed by atoms with van der Waals surface area (Å²) in [4.78, 5) is 27.4. The maximum Gasteiger partial charge on any atom is 0.224 e. The van der Waals surface area contributed by atoms with E-state index in [4.69, 9.17) is 5.73 Å². The largest absolute Gasteiger partial charge is 0.342 e. The second-order valence-electron chi connectivity index (χ2n) is 5.33. The first-order valence-corrected chi connectivity index (χ1v) is 6.98. The van der Waals surface area contributed by atoms with E-state index in [0.29, 0.717) is 25.9 Å². The first-order chi connectivity index (χ1) is 8.66. The highest BCUT2D eigenvalue weighted by atomic mass is 16.2. The van der Waals surface area contributed by atoms with Gasteiger partial charge in [-0.15, -0.1) is 0 Å². The Balaban J connectivity index is 1.76. The summed E-state index contributed by atoms with van der Waals surface area (Å²) in [5.74, 6) is 0.346. The third-order valence-corrected chi connectivity index (χ3v) is 3.84. The lowest BCUT2D eigenvalue weighted by atomic mass is 10.2. The lowest BCUT2D eigenvalue weighted by molar-refractivity contribution is -0.133. The Morgan fingerprint density at radius 2 is 2.11 bits per heavy atom. The van der Waals surface area contributed by atoms with Gasteiger partial charge in [-0.05, 0) is 19.3 Å². The molecule has 0 aromatic heterocycles. The molecule has 2 saturated heterocycles. The van der Waals surface area contributed by atoms with Crippen LogP contribution in [0.4, 0.5) is 0 Å². The van der Waals surface area contributed by atoms with Crippen LogP contribution in [0.25, 0.3) is 0 Å². The zero-order chi connectivity index (χ0) is 13.0. The van der Waals surface area contributed by atoms with Crippen LogP contribution in [0, 0.1) is 0 Å². The molecule has 0 saturated carbocycles. The van der Waals surface area contributed by atoms with Crippen molar-refractivity contribution in [2.75, 3.05) is 26.2 Å². The van der Waals surface area contributed by atoms with Gasteiger partial charge in [0.25, 0.3) is 0 Å². The SMILES string of the molecule is N[C@H]1CCN(C(=O)CCN2CCCCCC2=O)C1. The Bertz CT molecular complexity index is 319. The predicted octanol–water partition coefficient (Wildman–Crippen LogP) is 0.339. The monoisotopic (exact) mass is 253 g/mol. The van der Waals surface area contributed by atoms with Gasteiger partial charge < -0.3 is 15.5 Å². The molecule has 0 aromatic carbocycles. The fourth-order valence-electron chi connectivity index (χ4n) is 2.68. The van der Waals surface area contributed by atoms with E-state index in [1.165, 1.54) is 0 Å². The van der Waals surface area contributed by atoms with Gasteiger partial charge in [-0.2, -0.15) is 0 Å². The summed E-state index contributed by atoms with van der Waals surface area (Å²) in [7, 11) is 0. The molecular formula is C13H23N3O2. The number of nitrogens with two attached hydrogens (primary N) is 1. The molecule has 2 aliphatic heterocycles. The molecule has 0 radical (unpaired) electrons. The smallest absolute Gasteiger partial charge is 0.224 e. The Kier molecular flexibility index (Phi) is 4.58. The minimum absolute atomic E-state index is 0.133. The third kappa shape index (κ3) is 3.45. The van der Waals surface area contributed by atoms with E-state index < -0.39 is 0 Å². The van der Waals surface area contributed by atoms with Crippen LogP contribution in [-0.4, -0.2) is 53.8 Å². The van der Waals surface area contributed by atoms with E-state index in [2.05, 4.69) is 0 Å². The molecule has 0 unspecified atom stereocenters. The van der Waals surface area contributed by atoms with Crippen LogP contribution in [0.15, 0.2) is 0 Å². The van der Waals surface area contributed by atoms with E-state index in [9.17, 15) is 9.59 Å². The average Bonchev–Trinajstić information content (AvgIpc) is 2.68. The molecular weight excluding hydrogens is 230 g/mol. The summed E-state index contributed by atoms with van der Waals surface area (Å²) in [6.07, 6.45) is 5.16. The number of rotatable bonds is 3. The van der Waals surface area contributed by atoms with Crippen LogP contribution < -0.4 is 5.73 Å². The van der Waals surface area contributed by atoms with Crippen LogP contribution in [0.2, 0.25) is 0 Å². The maximum atomic E-state index is 12.0. The zero-order valence-electron chi connectivity index (χ0n) is 10.9. The quantitative estimate of drug-likeness (QED) is 0.788. The van der Waals surface area contributed by atoms with Crippen LogP contribution >= 0.6 is 0 Å². The van der Waals surface area contributed by atoms with Crippen molar-refractivity contribution in [1.82, 2.24) is 9.80 Å². The average molecular weight is 253 g/mol. The summed E-state index contributed by atoms with van der Waals surface area (Å²) >= 11 is 0. The van der Waals surface area contributed by atoms with Crippen molar-refractivity contribution >= 4 is 11.8 Å². The molecule has 2 heterocycles. The minimum atomic E-state index is 0.133. The summed E-state index contributed by atoms with van der Waals surface area (Å²) < 4.78 is 0. The summed E-state index contributed by atoms with van der Waals surface area (Å²) in [5.41, 5.74) is 5.79. The topological polar surface area (TPSA) is 66.6 Å². The molecule has 2 rings (SSSR count). The van der Waals surface area contributed by atoms with E-state index in [1.54, 1.807) is 0 Å². The molecule has 0 aromatic rings. The van der Waals surface area contributed by atoms with E-state index in [-0.39, 0.29) is 17.9 Å². The predicted molar refractivity (Wildman–Crippen MR) is 68.8 cm³/mol. The molecule has 0 aliphatic carbocycles. The molecule has 102 valence electrons. The number of hydrogen-bond donors (Lipinski definition) is 1. The second-order valence-corrected chi connectivity index (χ2v) is 5.33. The maximum absolute atomic E-state index is 12.0. The number of nitrogens with zero attached hydrogens (tertiary/aromatic N) is 2. The highest BCUT2D eigenvalue weighted by molar-refractivity contribution is 5.79. The Morgan fingerprint density at radius 1 is 1.28 bits per heavy atom. The van der Waals surface area contributed by atoms with Crippen molar-refractivity contribution in [3.05, 3.63) is 0 Å².